The van der Waals surface area contributed by atoms with Crippen molar-refractivity contribution in [2.24, 2.45) is 0 Å². The minimum absolute atomic E-state index is 0.0800. The van der Waals surface area contributed by atoms with Gasteiger partial charge in [-0.05, 0) is 37.1 Å². The van der Waals surface area contributed by atoms with Gasteiger partial charge in [0.1, 0.15) is 0 Å². The number of benzene rings is 1. The maximum atomic E-state index is 13.2. The average molecular weight is 435 g/mol. The van der Waals surface area contributed by atoms with Crippen LogP contribution in [0, 0.1) is 0 Å². The molecule has 1 heterocycles. The first-order valence-corrected chi connectivity index (χ1v) is 12.4. The molecule has 0 saturated carbocycles. The van der Waals surface area contributed by atoms with Crippen LogP contribution in [-0.2, 0) is 29.5 Å². The van der Waals surface area contributed by atoms with Crippen LogP contribution in [0.1, 0.15) is 26.7 Å². The first kappa shape index (κ1) is 23.2. The molecular formula is C18H30N2O6S2. The van der Waals surface area contributed by atoms with Crippen LogP contribution in [0.25, 0.3) is 0 Å². The van der Waals surface area contributed by atoms with Crippen LogP contribution in [0.4, 0.5) is 0 Å². The molecule has 28 heavy (non-hydrogen) atoms. The third-order valence-electron chi connectivity index (χ3n) is 4.90. The van der Waals surface area contributed by atoms with E-state index in [1.807, 2.05) is 13.8 Å². The SMILES string of the molecule is CCC(CC)N(CCOC)S(=O)(=O)c1ccc(S(=O)(=O)N2CCOCC2)cc1. The predicted molar refractivity (Wildman–Crippen MR) is 106 cm³/mol. The highest BCUT2D eigenvalue weighted by atomic mass is 32.2. The zero-order valence-electron chi connectivity index (χ0n) is 16.7. The molecule has 2 rings (SSSR count). The van der Waals surface area contributed by atoms with E-state index in [4.69, 9.17) is 9.47 Å². The minimum Gasteiger partial charge on any atom is -0.383 e. The number of ether oxygens (including phenoxy) is 2. The molecule has 0 amide bonds. The fourth-order valence-electron chi connectivity index (χ4n) is 3.23. The van der Waals surface area contributed by atoms with Crippen molar-refractivity contribution in [1.82, 2.24) is 8.61 Å². The first-order valence-electron chi connectivity index (χ1n) is 9.47. The van der Waals surface area contributed by atoms with Crippen LogP contribution >= 0.6 is 0 Å². The monoisotopic (exact) mass is 434 g/mol. The molecule has 0 unspecified atom stereocenters. The number of morpholine rings is 1. The number of rotatable bonds is 10. The predicted octanol–water partition coefficient (Wildman–Crippen LogP) is 1.53. The highest BCUT2D eigenvalue weighted by Crippen LogP contribution is 2.24. The Balaban J connectivity index is 2.30. The number of hydrogen-bond donors (Lipinski definition) is 0. The Morgan fingerprint density at radius 3 is 2.07 bits per heavy atom. The van der Waals surface area contributed by atoms with Gasteiger partial charge in [0.05, 0.1) is 29.6 Å². The summed E-state index contributed by atoms with van der Waals surface area (Å²) in [6.07, 6.45) is 1.37. The van der Waals surface area contributed by atoms with E-state index in [-0.39, 0.29) is 22.4 Å². The molecule has 10 heteroatoms. The van der Waals surface area contributed by atoms with Crippen molar-refractivity contribution in [3.63, 3.8) is 0 Å². The third kappa shape index (κ3) is 5.11. The molecular weight excluding hydrogens is 404 g/mol. The number of hydrogen-bond acceptors (Lipinski definition) is 6. The zero-order chi connectivity index (χ0) is 20.8. The van der Waals surface area contributed by atoms with Crippen molar-refractivity contribution in [2.75, 3.05) is 46.6 Å². The van der Waals surface area contributed by atoms with Gasteiger partial charge >= 0.3 is 0 Å². The maximum absolute atomic E-state index is 13.2. The number of sulfonamides is 2. The van der Waals surface area contributed by atoms with Crippen LogP contribution in [0.5, 0.6) is 0 Å². The lowest BCUT2D eigenvalue weighted by Gasteiger charge is -2.29. The van der Waals surface area contributed by atoms with Gasteiger partial charge in [-0.3, -0.25) is 0 Å². The summed E-state index contributed by atoms with van der Waals surface area (Å²) >= 11 is 0. The number of methoxy groups -OCH3 is 1. The Bertz CT molecular complexity index is 814. The molecule has 0 bridgehead atoms. The van der Waals surface area contributed by atoms with Crippen molar-refractivity contribution in [3.05, 3.63) is 24.3 Å². The van der Waals surface area contributed by atoms with E-state index in [0.29, 0.717) is 45.8 Å². The molecule has 1 aliphatic heterocycles. The van der Waals surface area contributed by atoms with E-state index < -0.39 is 20.0 Å². The fraction of sp³-hybridized carbons (Fsp3) is 0.667. The van der Waals surface area contributed by atoms with Crippen LogP contribution in [0.2, 0.25) is 0 Å². The lowest BCUT2D eigenvalue weighted by molar-refractivity contribution is 0.0730. The molecule has 0 aliphatic carbocycles. The molecule has 8 nitrogen and oxygen atoms in total. The van der Waals surface area contributed by atoms with Gasteiger partial charge in [-0.1, -0.05) is 13.8 Å². The van der Waals surface area contributed by atoms with Gasteiger partial charge < -0.3 is 9.47 Å². The summed E-state index contributed by atoms with van der Waals surface area (Å²) in [4.78, 5) is 0.163. The van der Waals surface area contributed by atoms with Gasteiger partial charge in [-0.2, -0.15) is 8.61 Å². The zero-order valence-corrected chi connectivity index (χ0v) is 18.3. The lowest BCUT2D eigenvalue weighted by Crippen LogP contribution is -2.42. The van der Waals surface area contributed by atoms with E-state index >= 15 is 0 Å². The van der Waals surface area contributed by atoms with Gasteiger partial charge in [-0.15, -0.1) is 0 Å². The average Bonchev–Trinajstić information content (AvgIpc) is 2.71. The summed E-state index contributed by atoms with van der Waals surface area (Å²) in [6.45, 7) is 5.73. The van der Waals surface area contributed by atoms with Crippen molar-refractivity contribution >= 4 is 20.0 Å². The minimum atomic E-state index is -3.76. The summed E-state index contributed by atoms with van der Waals surface area (Å²) in [5.41, 5.74) is 0. The normalized spacial score (nSPS) is 16.8. The molecule has 0 spiro atoms. The molecule has 1 aromatic carbocycles. The quantitative estimate of drug-likeness (QED) is 0.554. The van der Waals surface area contributed by atoms with Crippen LogP contribution in [0.15, 0.2) is 34.1 Å². The van der Waals surface area contributed by atoms with Gasteiger partial charge in [0, 0.05) is 32.8 Å². The summed E-state index contributed by atoms with van der Waals surface area (Å²) < 4.78 is 64.8. The Hall–Kier alpha value is -1.04. The Morgan fingerprint density at radius 2 is 1.57 bits per heavy atom. The molecule has 1 saturated heterocycles. The van der Waals surface area contributed by atoms with E-state index in [0.717, 1.165) is 0 Å². The standard InChI is InChI=1S/C18H30N2O6S2/c1-4-16(5-2)20(12-13-25-3)28(23,24)18-8-6-17(7-9-18)27(21,22)19-10-14-26-15-11-19/h6-9,16H,4-5,10-15H2,1-3H3. The van der Waals surface area contributed by atoms with E-state index in [2.05, 4.69) is 0 Å². The lowest BCUT2D eigenvalue weighted by atomic mass is 10.2. The Morgan fingerprint density at radius 1 is 1.04 bits per heavy atom. The smallest absolute Gasteiger partial charge is 0.243 e. The molecule has 0 radical (unpaired) electrons. The van der Waals surface area contributed by atoms with Crippen LogP contribution in [0.3, 0.4) is 0 Å². The summed E-state index contributed by atoms with van der Waals surface area (Å²) in [5, 5.41) is 0. The summed E-state index contributed by atoms with van der Waals surface area (Å²) in [7, 11) is -5.89. The molecule has 1 aromatic rings. The van der Waals surface area contributed by atoms with E-state index in [1.165, 1.54) is 40.0 Å². The van der Waals surface area contributed by atoms with E-state index in [1.54, 1.807) is 0 Å². The second kappa shape index (κ2) is 10.1. The highest BCUT2D eigenvalue weighted by molar-refractivity contribution is 7.89. The van der Waals surface area contributed by atoms with Crippen molar-refractivity contribution < 1.29 is 26.3 Å². The second-order valence-corrected chi connectivity index (χ2v) is 10.4. The first-order chi connectivity index (χ1) is 13.3. The molecule has 0 aromatic heterocycles. The van der Waals surface area contributed by atoms with Gasteiger partial charge in [-0.25, -0.2) is 16.8 Å². The van der Waals surface area contributed by atoms with Crippen molar-refractivity contribution in [2.45, 2.75) is 42.5 Å². The molecule has 1 fully saturated rings. The van der Waals surface area contributed by atoms with Crippen LogP contribution < -0.4 is 0 Å². The maximum Gasteiger partial charge on any atom is 0.243 e. The summed E-state index contributed by atoms with van der Waals surface area (Å²) in [5.74, 6) is 0. The molecule has 1 aliphatic rings. The van der Waals surface area contributed by atoms with Gasteiger partial charge in [0.25, 0.3) is 0 Å². The second-order valence-electron chi connectivity index (χ2n) is 6.57. The third-order valence-corrected chi connectivity index (χ3v) is 8.78. The Labute approximate surface area is 168 Å². The van der Waals surface area contributed by atoms with Gasteiger partial charge in [0.15, 0.2) is 0 Å². The van der Waals surface area contributed by atoms with E-state index in [9.17, 15) is 16.8 Å². The van der Waals surface area contributed by atoms with Crippen LogP contribution in [-0.4, -0.2) is 78.1 Å². The summed E-state index contributed by atoms with van der Waals surface area (Å²) in [6, 6.07) is 5.31. The van der Waals surface area contributed by atoms with Crippen molar-refractivity contribution in [1.29, 1.82) is 0 Å². The van der Waals surface area contributed by atoms with Crippen molar-refractivity contribution in [3.8, 4) is 0 Å². The molecule has 0 atom stereocenters. The largest absolute Gasteiger partial charge is 0.383 e. The topological polar surface area (TPSA) is 93.2 Å². The number of nitrogens with zero attached hydrogens (tertiary/aromatic N) is 2. The molecule has 0 N–H and O–H groups in total. The fourth-order valence-corrected chi connectivity index (χ4v) is 6.40. The Kier molecular flexibility index (Phi) is 8.41. The highest BCUT2D eigenvalue weighted by Gasteiger charge is 2.31. The van der Waals surface area contributed by atoms with Gasteiger partial charge in [0.2, 0.25) is 20.0 Å². The molecule has 160 valence electrons.